The average molecular weight is 328 g/mol. The Morgan fingerprint density at radius 2 is 2.12 bits per heavy atom. The van der Waals surface area contributed by atoms with Crippen molar-refractivity contribution in [3.8, 4) is 0 Å². The number of carbonyl (C=O) groups is 1. The van der Waals surface area contributed by atoms with Gasteiger partial charge in [0.2, 0.25) is 0 Å². The SMILES string of the molecule is Cc1n[nH]c(C)c1CNC(=O)N1CCOC(C)(c2ccccc2)C1. The summed E-state index contributed by atoms with van der Waals surface area (Å²) >= 11 is 0. The van der Waals surface area contributed by atoms with E-state index < -0.39 is 5.60 Å². The minimum absolute atomic E-state index is 0.0690. The second-order valence-electron chi connectivity index (χ2n) is 6.44. The molecule has 1 aliphatic rings. The summed E-state index contributed by atoms with van der Waals surface area (Å²) in [5.41, 5.74) is 3.57. The van der Waals surface area contributed by atoms with E-state index in [-0.39, 0.29) is 6.03 Å². The van der Waals surface area contributed by atoms with Gasteiger partial charge in [-0.05, 0) is 26.3 Å². The highest BCUT2D eigenvalue weighted by Crippen LogP contribution is 2.29. The molecule has 0 radical (unpaired) electrons. The van der Waals surface area contributed by atoms with E-state index >= 15 is 0 Å². The van der Waals surface area contributed by atoms with Crippen molar-refractivity contribution in [2.45, 2.75) is 32.9 Å². The van der Waals surface area contributed by atoms with E-state index in [1.807, 2.05) is 56.0 Å². The van der Waals surface area contributed by atoms with Gasteiger partial charge < -0.3 is 15.0 Å². The second kappa shape index (κ2) is 6.65. The molecule has 24 heavy (non-hydrogen) atoms. The molecule has 6 nitrogen and oxygen atoms in total. The van der Waals surface area contributed by atoms with Crippen molar-refractivity contribution in [3.63, 3.8) is 0 Å². The number of nitrogens with one attached hydrogen (secondary N) is 2. The third-order valence-electron chi connectivity index (χ3n) is 4.64. The summed E-state index contributed by atoms with van der Waals surface area (Å²) in [4.78, 5) is 14.4. The van der Waals surface area contributed by atoms with Crippen molar-refractivity contribution in [2.75, 3.05) is 19.7 Å². The Labute approximate surface area is 142 Å². The van der Waals surface area contributed by atoms with Gasteiger partial charge in [-0.2, -0.15) is 5.10 Å². The molecule has 0 spiro atoms. The number of benzene rings is 1. The molecule has 0 bridgehead atoms. The molecule has 0 saturated carbocycles. The molecule has 2 amide bonds. The number of nitrogens with zero attached hydrogens (tertiary/aromatic N) is 2. The molecule has 0 aliphatic carbocycles. The van der Waals surface area contributed by atoms with Crippen LogP contribution in [0.1, 0.15) is 29.4 Å². The quantitative estimate of drug-likeness (QED) is 0.909. The van der Waals surface area contributed by atoms with E-state index in [9.17, 15) is 4.79 Å². The lowest BCUT2D eigenvalue weighted by atomic mass is 9.94. The van der Waals surface area contributed by atoms with Crippen molar-refractivity contribution in [1.82, 2.24) is 20.4 Å². The van der Waals surface area contributed by atoms with Crippen molar-refractivity contribution >= 4 is 6.03 Å². The van der Waals surface area contributed by atoms with E-state index in [2.05, 4.69) is 15.5 Å². The largest absolute Gasteiger partial charge is 0.367 e. The van der Waals surface area contributed by atoms with Crippen LogP contribution >= 0.6 is 0 Å². The van der Waals surface area contributed by atoms with Crippen LogP contribution < -0.4 is 5.32 Å². The number of aromatic amines is 1. The number of aromatic nitrogens is 2. The van der Waals surface area contributed by atoms with Crippen LogP contribution in [0, 0.1) is 13.8 Å². The summed E-state index contributed by atoms with van der Waals surface area (Å²) < 4.78 is 5.98. The number of hydrogen-bond acceptors (Lipinski definition) is 3. The normalized spacial score (nSPS) is 20.9. The summed E-state index contributed by atoms with van der Waals surface area (Å²) in [6.45, 7) is 8.07. The molecular formula is C18H24N4O2. The Morgan fingerprint density at radius 1 is 1.38 bits per heavy atom. The average Bonchev–Trinajstić information content (AvgIpc) is 2.92. The van der Waals surface area contributed by atoms with Crippen molar-refractivity contribution in [1.29, 1.82) is 0 Å². The summed E-state index contributed by atoms with van der Waals surface area (Å²) in [5, 5.41) is 10.1. The first kappa shape index (κ1) is 16.5. The molecular weight excluding hydrogens is 304 g/mol. The van der Waals surface area contributed by atoms with E-state index in [1.165, 1.54) is 0 Å². The van der Waals surface area contributed by atoms with Crippen LogP contribution in [-0.2, 0) is 16.9 Å². The lowest BCUT2D eigenvalue weighted by Gasteiger charge is -2.40. The Bertz CT molecular complexity index is 694. The van der Waals surface area contributed by atoms with Gasteiger partial charge in [0.1, 0.15) is 5.60 Å². The fourth-order valence-electron chi connectivity index (χ4n) is 3.12. The van der Waals surface area contributed by atoms with Crippen molar-refractivity contribution in [3.05, 3.63) is 52.8 Å². The van der Waals surface area contributed by atoms with Gasteiger partial charge in [-0.3, -0.25) is 5.10 Å². The third kappa shape index (κ3) is 3.28. The number of H-pyrrole nitrogens is 1. The number of urea groups is 1. The molecule has 1 aromatic heterocycles. The van der Waals surface area contributed by atoms with Crippen molar-refractivity contribution < 1.29 is 9.53 Å². The fraction of sp³-hybridized carbons (Fsp3) is 0.444. The maximum Gasteiger partial charge on any atom is 0.317 e. The number of aryl methyl sites for hydroxylation is 2. The third-order valence-corrected chi connectivity index (χ3v) is 4.64. The summed E-state index contributed by atoms with van der Waals surface area (Å²) in [6.07, 6.45) is 0. The topological polar surface area (TPSA) is 70.2 Å². The standard InChI is InChI=1S/C18H24N4O2/c1-13-16(14(2)21-20-13)11-19-17(23)22-9-10-24-18(3,12-22)15-7-5-4-6-8-15/h4-8H,9-12H2,1-3H3,(H,19,23)(H,20,21). The van der Waals surface area contributed by atoms with E-state index in [1.54, 1.807) is 0 Å². The zero-order valence-electron chi connectivity index (χ0n) is 14.4. The first-order chi connectivity index (χ1) is 11.5. The maximum atomic E-state index is 12.6. The van der Waals surface area contributed by atoms with Gasteiger partial charge in [-0.25, -0.2) is 4.79 Å². The molecule has 1 saturated heterocycles. The number of morpholine rings is 1. The van der Waals surface area contributed by atoms with E-state index in [0.717, 1.165) is 22.5 Å². The fourth-order valence-corrected chi connectivity index (χ4v) is 3.12. The predicted molar refractivity (Wildman–Crippen MR) is 91.6 cm³/mol. The zero-order chi connectivity index (χ0) is 17.2. The smallest absolute Gasteiger partial charge is 0.317 e. The molecule has 1 aliphatic heterocycles. The highest BCUT2D eigenvalue weighted by atomic mass is 16.5. The van der Waals surface area contributed by atoms with E-state index in [4.69, 9.17) is 4.74 Å². The molecule has 2 aromatic rings. The zero-order valence-corrected chi connectivity index (χ0v) is 14.4. The summed E-state index contributed by atoms with van der Waals surface area (Å²) in [5.74, 6) is 0. The highest BCUT2D eigenvalue weighted by molar-refractivity contribution is 5.74. The minimum atomic E-state index is -0.474. The molecule has 3 rings (SSSR count). The molecule has 128 valence electrons. The Hall–Kier alpha value is -2.34. The Kier molecular flexibility index (Phi) is 4.57. The first-order valence-electron chi connectivity index (χ1n) is 8.22. The molecule has 6 heteroatoms. The monoisotopic (exact) mass is 328 g/mol. The lowest BCUT2D eigenvalue weighted by Crippen LogP contribution is -2.53. The van der Waals surface area contributed by atoms with Gasteiger partial charge in [0, 0.05) is 24.3 Å². The summed E-state index contributed by atoms with van der Waals surface area (Å²) in [6, 6.07) is 9.98. The molecule has 2 N–H and O–H groups in total. The maximum absolute atomic E-state index is 12.6. The summed E-state index contributed by atoms with van der Waals surface area (Å²) in [7, 11) is 0. The molecule has 1 aromatic carbocycles. The molecule has 1 fully saturated rings. The van der Waals surface area contributed by atoms with Crippen LogP contribution in [0.4, 0.5) is 4.79 Å². The van der Waals surface area contributed by atoms with Gasteiger partial charge in [-0.1, -0.05) is 30.3 Å². The lowest BCUT2D eigenvalue weighted by molar-refractivity contribution is -0.0906. The second-order valence-corrected chi connectivity index (χ2v) is 6.44. The number of carbonyl (C=O) groups excluding carboxylic acids is 1. The van der Waals surface area contributed by atoms with Crippen LogP contribution in [0.3, 0.4) is 0 Å². The van der Waals surface area contributed by atoms with Gasteiger partial charge >= 0.3 is 6.03 Å². The number of hydrogen-bond donors (Lipinski definition) is 2. The minimum Gasteiger partial charge on any atom is -0.367 e. The highest BCUT2D eigenvalue weighted by Gasteiger charge is 2.35. The number of rotatable bonds is 3. The van der Waals surface area contributed by atoms with Crippen LogP contribution in [0.2, 0.25) is 0 Å². The van der Waals surface area contributed by atoms with Crippen molar-refractivity contribution in [2.24, 2.45) is 0 Å². The van der Waals surface area contributed by atoms with Gasteiger partial charge in [0.15, 0.2) is 0 Å². The van der Waals surface area contributed by atoms with Crippen LogP contribution in [0.5, 0.6) is 0 Å². The van der Waals surface area contributed by atoms with Gasteiger partial charge in [0.25, 0.3) is 0 Å². The van der Waals surface area contributed by atoms with E-state index in [0.29, 0.717) is 26.2 Å². The Balaban J connectivity index is 1.65. The number of ether oxygens (including phenoxy) is 1. The number of amides is 2. The Morgan fingerprint density at radius 3 is 2.79 bits per heavy atom. The van der Waals surface area contributed by atoms with Gasteiger partial charge in [0.05, 0.1) is 18.8 Å². The molecule has 1 unspecified atom stereocenters. The van der Waals surface area contributed by atoms with Gasteiger partial charge in [-0.15, -0.1) is 0 Å². The van der Waals surface area contributed by atoms with Crippen LogP contribution in [0.15, 0.2) is 30.3 Å². The van der Waals surface area contributed by atoms with Crippen LogP contribution in [-0.4, -0.2) is 40.8 Å². The molecule has 1 atom stereocenters. The predicted octanol–water partition coefficient (Wildman–Crippen LogP) is 2.48. The molecule has 2 heterocycles. The first-order valence-corrected chi connectivity index (χ1v) is 8.22. The van der Waals surface area contributed by atoms with Crippen LogP contribution in [0.25, 0.3) is 0 Å².